The number of thioether (sulfide) groups is 1. The Labute approximate surface area is 107 Å². The van der Waals surface area contributed by atoms with Crippen molar-refractivity contribution in [3.63, 3.8) is 0 Å². The second-order valence-corrected chi connectivity index (χ2v) is 6.63. The van der Waals surface area contributed by atoms with Gasteiger partial charge in [-0.1, -0.05) is 18.2 Å². The average Bonchev–Trinajstić information content (AvgIpc) is 2.73. The molecule has 1 amide bonds. The minimum absolute atomic E-state index is 0.290. The zero-order chi connectivity index (χ0) is 12.5. The number of carbonyl (C=O) groups is 1. The smallest absolute Gasteiger partial charge is 0.224 e. The molecule has 17 heavy (non-hydrogen) atoms. The third-order valence-corrected chi connectivity index (χ3v) is 4.80. The van der Waals surface area contributed by atoms with Gasteiger partial charge in [0.15, 0.2) is 5.17 Å². The predicted molar refractivity (Wildman–Crippen MR) is 72.0 cm³/mol. The molecular weight excluding hydrogens is 234 g/mol. The Morgan fingerprint density at radius 1 is 1.59 bits per heavy atom. The van der Waals surface area contributed by atoms with Crippen molar-refractivity contribution in [1.82, 2.24) is 5.32 Å². The first kappa shape index (κ1) is 12.7. The molecule has 0 aromatic heterocycles. The molecule has 1 saturated heterocycles. The first-order valence-electron chi connectivity index (χ1n) is 6.23. The summed E-state index contributed by atoms with van der Waals surface area (Å²) >= 11 is 1.78. The summed E-state index contributed by atoms with van der Waals surface area (Å²) in [7, 11) is 0. The second-order valence-electron chi connectivity index (χ2n) is 5.62. The molecule has 5 heteroatoms. The number of amides is 1. The number of amidine groups is 1. The number of hydrogen-bond donors (Lipinski definition) is 2. The van der Waals surface area contributed by atoms with Crippen LogP contribution in [0.5, 0.6) is 0 Å². The van der Waals surface area contributed by atoms with Gasteiger partial charge in [-0.15, -0.1) is 0 Å². The number of hydrogen-bond acceptors (Lipinski definition) is 3. The fraction of sp³-hybridized carbons (Fsp3) is 0.833. The molecule has 3 N–H and O–H groups in total. The van der Waals surface area contributed by atoms with Crippen LogP contribution in [-0.2, 0) is 4.79 Å². The number of rotatable bonds is 3. The maximum atomic E-state index is 11.2. The molecule has 96 valence electrons. The van der Waals surface area contributed by atoms with Crippen molar-refractivity contribution < 1.29 is 4.79 Å². The Hall–Kier alpha value is -0.710. The van der Waals surface area contributed by atoms with Gasteiger partial charge in [-0.3, -0.25) is 9.79 Å². The van der Waals surface area contributed by atoms with Crippen molar-refractivity contribution in [1.29, 1.82) is 0 Å². The van der Waals surface area contributed by atoms with E-state index in [4.69, 9.17) is 5.73 Å². The fourth-order valence-electron chi connectivity index (χ4n) is 2.25. The first-order valence-corrected chi connectivity index (χ1v) is 7.21. The van der Waals surface area contributed by atoms with E-state index in [9.17, 15) is 4.79 Å². The van der Waals surface area contributed by atoms with Crippen molar-refractivity contribution in [2.24, 2.45) is 22.1 Å². The highest BCUT2D eigenvalue weighted by Crippen LogP contribution is 2.33. The van der Waals surface area contributed by atoms with E-state index in [1.54, 1.807) is 11.8 Å². The van der Waals surface area contributed by atoms with E-state index in [0.29, 0.717) is 12.6 Å². The molecule has 0 aromatic carbocycles. The van der Waals surface area contributed by atoms with Crippen LogP contribution in [0.3, 0.4) is 0 Å². The Bertz CT molecular complexity index is 341. The lowest BCUT2D eigenvalue weighted by molar-refractivity contribution is -0.125. The third-order valence-electron chi connectivity index (χ3n) is 3.69. The molecule has 0 radical (unpaired) electrons. The van der Waals surface area contributed by atoms with Gasteiger partial charge >= 0.3 is 0 Å². The molecule has 2 fully saturated rings. The van der Waals surface area contributed by atoms with Gasteiger partial charge in [-0.25, -0.2) is 0 Å². The predicted octanol–water partition coefficient (Wildman–Crippen LogP) is 1.36. The molecule has 4 nitrogen and oxygen atoms in total. The SMILES string of the molecule is CC(C)(CN=C1NC2CCCC2CS1)C(N)=O. The minimum Gasteiger partial charge on any atom is -0.369 e. The van der Waals surface area contributed by atoms with E-state index < -0.39 is 5.41 Å². The molecule has 2 rings (SSSR count). The first-order chi connectivity index (χ1) is 7.99. The summed E-state index contributed by atoms with van der Waals surface area (Å²) in [5, 5.41) is 4.48. The summed E-state index contributed by atoms with van der Waals surface area (Å²) in [5.74, 6) is 1.68. The number of nitrogens with zero attached hydrogens (tertiary/aromatic N) is 1. The largest absolute Gasteiger partial charge is 0.369 e. The van der Waals surface area contributed by atoms with E-state index in [0.717, 1.165) is 16.8 Å². The van der Waals surface area contributed by atoms with Crippen LogP contribution >= 0.6 is 11.8 Å². The lowest BCUT2D eigenvalue weighted by atomic mass is 9.93. The summed E-state index contributed by atoms with van der Waals surface area (Å²) in [6.07, 6.45) is 3.91. The Morgan fingerprint density at radius 2 is 2.35 bits per heavy atom. The fourth-order valence-corrected chi connectivity index (χ4v) is 3.41. The molecule has 1 aliphatic heterocycles. The number of fused-ring (bicyclic) bond motifs is 1. The summed E-state index contributed by atoms with van der Waals surface area (Å²) in [5.41, 5.74) is 4.78. The molecule has 1 aliphatic carbocycles. The molecule has 2 atom stereocenters. The summed E-state index contributed by atoms with van der Waals surface area (Å²) < 4.78 is 0. The van der Waals surface area contributed by atoms with Crippen LogP contribution in [0.25, 0.3) is 0 Å². The molecule has 2 unspecified atom stereocenters. The van der Waals surface area contributed by atoms with E-state index >= 15 is 0 Å². The normalized spacial score (nSPS) is 31.1. The Balaban J connectivity index is 1.92. The van der Waals surface area contributed by atoms with Crippen molar-refractivity contribution in [2.75, 3.05) is 12.3 Å². The lowest BCUT2D eigenvalue weighted by Gasteiger charge is -2.28. The van der Waals surface area contributed by atoms with Gasteiger partial charge in [0.05, 0.1) is 12.0 Å². The van der Waals surface area contributed by atoms with Gasteiger partial charge in [0.1, 0.15) is 0 Å². The van der Waals surface area contributed by atoms with Gasteiger partial charge in [-0.05, 0) is 32.6 Å². The van der Waals surface area contributed by atoms with Crippen molar-refractivity contribution in [2.45, 2.75) is 39.2 Å². The highest BCUT2D eigenvalue weighted by molar-refractivity contribution is 8.13. The van der Waals surface area contributed by atoms with Crippen molar-refractivity contribution in [3.05, 3.63) is 0 Å². The third kappa shape index (κ3) is 2.94. The number of nitrogens with one attached hydrogen (secondary N) is 1. The maximum Gasteiger partial charge on any atom is 0.224 e. The quantitative estimate of drug-likeness (QED) is 0.800. The monoisotopic (exact) mass is 255 g/mol. The van der Waals surface area contributed by atoms with Crippen LogP contribution < -0.4 is 11.1 Å². The summed E-state index contributed by atoms with van der Waals surface area (Å²) in [4.78, 5) is 15.7. The lowest BCUT2D eigenvalue weighted by Crippen LogP contribution is -2.42. The Kier molecular flexibility index (Phi) is 3.66. The number of aliphatic imine (C=N–C) groups is 1. The van der Waals surface area contributed by atoms with E-state index in [1.807, 2.05) is 13.8 Å². The van der Waals surface area contributed by atoms with Crippen molar-refractivity contribution >= 4 is 22.8 Å². The van der Waals surface area contributed by atoms with Crippen LogP contribution in [0.1, 0.15) is 33.1 Å². The van der Waals surface area contributed by atoms with Gasteiger partial charge in [0, 0.05) is 11.8 Å². The minimum atomic E-state index is -0.554. The molecule has 0 spiro atoms. The molecular formula is C12H21N3OS. The topological polar surface area (TPSA) is 67.5 Å². The van der Waals surface area contributed by atoms with Crippen molar-refractivity contribution in [3.8, 4) is 0 Å². The molecule has 2 aliphatic rings. The van der Waals surface area contributed by atoms with Crippen LogP contribution in [-0.4, -0.2) is 29.4 Å². The summed E-state index contributed by atoms with van der Waals surface area (Å²) in [6, 6.07) is 0.603. The zero-order valence-electron chi connectivity index (χ0n) is 10.5. The molecule has 1 saturated carbocycles. The van der Waals surface area contributed by atoms with Crippen LogP contribution in [0.15, 0.2) is 4.99 Å². The van der Waals surface area contributed by atoms with Gasteiger partial charge in [0.2, 0.25) is 5.91 Å². The van der Waals surface area contributed by atoms with E-state index in [-0.39, 0.29) is 5.91 Å². The van der Waals surface area contributed by atoms with Crippen LogP contribution in [0.2, 0.25) is 0 Å². The molecule has 1 heterocycles. The van der Waals surface area contributed by atoms with E-state index in [2.05, 4.69) is 10.3 Å². The van der Waals surface area contributed by atoms with Gasteiger partial charge in [-0.2, -0.15) is 0 Å². The Morgan fingerprint density at radius 3 is 3.06 bits per heavy atom. The molecule has 0 aromatic rings. The van der Waals surface area contributed by atoms with Crippen LogP contribution in [0.4, 0.5) is 0 Å². The van der Waals surface area contributed by atoms with Crippen LogP contribution in [0, 0.1) is 11.3 Å². The average molecular weight is 255 g/mol. The van der Waals surface area contributed by atoms with E-state index in [1.165, 1.54) is 19.3 Å². The van der Waals surface area contributed by atoms with Gasteiger partial charge < -0.3 is 11.1 Å². The van der Waals surface area contributed by atoms with Gasteiger partial charge in [0.25, 0.3) is 0 Å². The standard InChI is InChI=1S/C12H21N3OS/c1-12(2,10(13)16)7-14-11-15-9-5-3-4-8(9)6-17-11/h8-9H,3-7H2,1-2H3,(H2,13,16)(H,14,15). The highest BCUT2D eigenvalue weighted by atomic mass is 32.2. The second kappa shape index (κ2) is 4.88. The summed E-state index contributed by atoms with van der Waals surface area (Å²) in [6.45, 7) is 4.14. The number of primary amides is 1. The maximum absolute atomic E-state index is 11.2. The zero-order valence-corrected chi connectivity index (χ0v) is 11.3. The highest BCUT2D eigenvalue weighted by Gasteiger charge is 2.32. The number of carbonyl (C=O) groups excluding carboxylic acids is 1. The molecule has 0 bridgehead atoms. The number of nitrogens with two attached hydrogens (primary N) is 1.